The number of hydrogen-bond donors (Lipinski definition) is 2. The molecule has 1 aliphatic rings. The van der Waals surface area contributed by atoms with Gasteiger partial charge in [0.15, 0.2) is 0 Å². The lowest BCUT2D eigenvalue weighted by Gasteiger charge is -2.27. The highest BCUT2D eigenvalue weighted by molar-refractivity contribution is 5.70. The molecule has 0 aliphatic heterocycles. The van der Waals surface area contributed by atoms with Crippen LogP contribution in [0, 0.1) is 5.92 Å². The van der Waals surface area contributed by atoms with Gasteiger partial charge in [0.1, 0.15) is 5.75 Å². The maximum atomic E-state index is 10.9. The van der Waals surface area contributed by atoms with Crippen LogP contribution in [0.15, 0.2) is 24.3 Å². The molecule has 20 heavy (non-hydrogen) atoms. The molecule has 0 unspecified atom stereocenters. The number of nitrogens with one attached hydrogen (secondary N) is 1. The molecule has 1 saturated carbocycles. The molecule has 0 atom stereocenters. The van der Waals surface area contributed by atoms with E-state index in [1.165, 1.54) is 0 Å². The Balaban J connectivity index is 1.83. The molecule has 0 radical (unpaired) electrons. The minimum absolute atomic E-state index is 0.149. The fourth-order valence-electron chi connectivity index (χ4n) is 2.74. The smallest absolute Gasteiger partial charge is 0.306 e. The summed E-state index contributed by atoms with van der Waals surface area (Å²) in [5, 5.41) is 12.5. The third kappa shape index (κ3) is 3.97. The van der Waals surface area contributed by atoms with E-state index >= 15 is 0 Å². The lowest BCUT2D eigenvalue weighted by Crippen LogP contribution is -2.34. The zero-order valence-electron chi connectivity index (χ0n) is 12.0. The zero-order valence-corrected chi connectivity index (χ0v) is 12.0. The highest BCUT2D eigenvalue weighted by Gasteiger charge is 2.25. The number of ether oxygens (including phenoxy) is 1. The van der Waals surface area contributed by atoms with E-state index in [9.17, 15) is 4.79 Å². The van der Waals surface area contributed by atoms with Gasteiger partial charge in [-0.15, -0.1) is 0 Å². The summed E-state index contributed by atoms with van der Waals surface area (Å²) in [7, 11) is 0. The van der Waals surface area contributed by atoms with Crippen molar-refractivity contribution < 1.29 is 14.6 Å². The lowest BCUT2D eigenvalue weighted by atomic mass is 9.86. The minimum Gasteiger partial charge on any atom is -0.494 e. The van der Waals surface area contributed by atoms with Gasteiger partial charge in [0.2, 0.25) is 0 Å². The molecule has 0 bridgehead atoms. The van der Waals surface area contributed by atoms with Gasteiger partial charge in [-0.1, -0.05) is 18.2 Å². The number of carboxylic acid groups (broad SMARTS) is 1. The van der Waals surface area contributed by atoms with Crippen molar-refractivity contribution in [3.8, 4) is 5.75 Å². The Kier molecular flexibility index (Phi) is 5.41. The Morgan fingerprint density at radius 1 is 1.30 bits per heavy atom. The number of hydrogen-bond acceptors (Lipinski definition) is 3. The topological polar surface area (TPSA) is 58.6 Å². The first-order chi connectivity index (χ1) is 9.70. The molecule has 1 aliphatic carbocycles. The van der Waals surface area contributed by atoms with Crippen molar-refractivity contribution in [3.05, 3.63) is 29.8 Å². The average Bonchev–Trinajstić information content (AvgIpc) is 2.47. The average molecular weight is 277 g/mol. The van der Waals surface area contributed by atoms with Gasteiger partial charge < -0.3 is 15.2 Å². The van der Waals surface area contributed by atoms with Crippen LogP contribution in [0.3, 0.4) is 0 Å². The molecule has 2 rings (SSSR count). The van der Waals surface area contributed by atoms with Crippen molar-refractivity contribution in [2.24, 2.45) is 5.92 Å². The summed E-state index contributed by atoms with van der Waals surface area (Å²) in [6.45, 7) is 3.43. The summed E-state index contributed by atoms with van der Waals surface area (Å²) in [6, 6.07) is 8.47. The summed E-state index contributed by atoms with van der Waals surface area (Å²) in [4.78, 5) is 10.9. The summed E-state index contributed by atoms with van der Waals surface area (Å²) < 4.78 is 5.61. The fraction of sp³-hybridized carbons (Fsp3) is 0.562. The largest absolute Gasteiger partial charge is 0.494 e. The van der Waals surface area contributed by atoms with Crippen LogP contribution in [-0.2, 0) is 11.3 Å². The van der Waals surface area contributed by atoms with Crippen molar-refractivity contribution >= 4 is 5.97 Å². The number of rotatable bonds is 6. The highest BCUT2D eigenvalue weighted by Crippen LogP contribution is 2.25. The molecule has 1 aromatic rings. The van der Waals surface area contributed by atoms with Gasteiger partial charge in [-0.05, 0) is 38.7 Å². The molecule has 110 valence electrons. The van der Waals surface area contributed by atoms with Gasteiger partial charge in [0.05, 0.1) is 12.5 Å². The predicted octanol–water partition coefficient (Wildman–Crippen LogP) is 2.82. The molecule has 0 amide bonds. The Morgan fingerprint density at radius 3 is 2.65 bits per heavy atom. The fourth-order valence-corrected chi connectivity index (χ4v) is 2.74. The Labute approximate surface area is 120 Å². The Bertz CT molecular complexity index is 439. The molecule has 0 aromatic heterocycles. The van der Waals surface area contributed by atoms with Crippen molar-refractivity contribution in [3.63, 3.8) is 0 Å². The number of aliphatic carboxylic acids is 1. The first-order valence-corrected chi connectivity index (χ1v) is 7.37. The minimum atomic E-state index is -0.648. The second-order valence-corrected chi connectivity index (χ2v) is 5.31. The first-order valence-electron chi connectivity index (χ1n) is 7.37. The summed E-state index contributed by atoms with van der Waals surface area (Å²) in [5.41, 5.74) is 1.16. The zero-order chi connectivity index (χ0) is 14.4. The summed E-state index contributed by atoms with van der Waals surface area (Å²) in [6.07, 6.45) is 3.43. The monoisotopic (exact) mass is 277 g/mol. The van der Waals surface area contributed by atoms with Gasteiger partial charge in [-0.2, -0.15) is 0 Å². The van der Waals surface area contributed by atoms with Gasteiger partial charge in [-0.3, -0.25) is 4.79 Å². The van der Waals surface area contributed by atoms with Crippen LogP contribution in [0.25, 0.3) is 0 Å². The standard InChI is InChI=1S/C16H23NO3/c1-2-20-15-6-4-3-5-13(15)11-17-14-9-7-12(8-10-14)16(18)19/h3-6,12,14,17H,2,7-11H2,1H3,(H,18,19). The number of carbonyl (C=O) groups is 1. The number of benzene rings is 1. The van der Waals surface area contributed by atoms with E-state index in [1.54, 1.807) is 0 Å². The Morgan fingerprint density at radius 2 is 2.00 bits per heavy atom. The van der Waals surface area contributed by atoms with Crippen LogP contribution in [0.5, 0.6) is 5.75 Å². The van der Waals surface area contributed by atoms with E-state index < -0.39 is 5.97 Å². The molecule has 4 heteroatoms. The van der Waals surface area contributed by atoms with Crippen LogP contribution in [0.4, 0.5) is 0 Å². The third-order valence-corrected chi connectivity index (χ3v) is 3.93. The highest BCUT2D eigenvalue weighted by atomic mass is 16.5. The van der Waals surface area contributed by atoms with Gasteiger partial charge in [0.25, 0.3) is 0 Å². The maximum Gasteiger partial charge on any atom is 0.306 e. The van der Waals surface area contributed by atoms with Crippen LogP contribution in [-0.4, -0.2) is 23.7 Å². The van der Waals surface area contributed by atoms with Gasteiger partial charge in [-0.25, -0.2) is 0 Å². The quantitative estimate of drug-likeness (QED) is 0.839. The molecule has 1 aromatic carbocycles. The van der Waals surface area contributed by atoms with Crippen LogP contribution < -0.4 is 10.1 Å². The van der Waals surface area contributed by atoms with Crippen LogP contribution in [0.2, 0.25) is 0 Å². The molecular weight excluding hydrogens is 254 g/mol. The van der Waals surface area contributed by atoms with E-state index in [-0.39, 0.29) is 5.92 Å². The molecule has 0 saturated heterocycles. The molecule has 2 N–H and O–H groups in total. The second kappa shape index (κ2) is 7.29. The second-order valence-electron chi connectivity index (χ2n) is 5.31. The van der Waals surface area contributed by atoms with E-state index in [0.717, 1.165) is 43.5 Å². The van der Waals surface area contributed by atoms with Crippen molar-refractivity contribution in [1.29, 1.82) is 0 Å². The van der Waals surface area contributed by atoms with E-state index in [0.29, 0.717) is 12.6 Å². The molecule has 0 heterocycles. The van der Waals surface area contributed by atoms with Crippen molar-refractivity contribution in [2.75, 3.05) is 6.61 Å². The number of carboxylic acids is 1. The van der Waals surface area contributed by atoms with E-state index in [2.05, 4.69) is 11.4 Å². The van der Waals surface area contributed by atoms with E-state index in [1.807, 2.05) is 25.1 Å². The molecule has 0 spiro atoms. The van der Waals surface area contributed by atoms with Gasteiger partial charge in [0, 0.05) is 18.2 Å². The normalized spacial score (nSPS) is 22.4. The predicted molar refractivity (Wildman–Crippen MR) is 77.8 cm³/mol. The molecule has 4 nitrogen and oxygen atoms in total. The maximum absolute atomic E-state index is 10.9. The summed E-state index contributed by atoms with van der Waals surface area (Å²) >= 11 is 0. The van der Waals surface area contributed by atoms with Crippen LogP contribution >= 0.6 is 0 Å². The van der Waals surface area contributed by atoms with Crippen LogP contribution in [0.1, 0.15) is 38.2 Å². The lowest BCUT2D eigenvalue weighted by molar-refractivity contribution is -0.142. The van der Waals surface area contributed by atoms with E-state index in [4.69, 9.17) is 9.84 Å². The van der Waals surface area contributed by atoms with Gasteiger partial charge >= 0.3 is 5.97 Å². The molecule has 1 fully saturated rings. The SMILES string of the molecule is CCOc1ccccc1CNC1CCC(C(=O)O)CC1. The number of para-hydroxylation sites is 1. The third-order valence-electron chi connectivity index (χ3n) is 3.93. The summed E-state index contributed by atoms with van der Waals surface area (Å²) in [5.74, 6) is 0.135. The molecular formula is C16H23NO3. The van der Waals surface area contributed by atoms with Crippen molar-refractivity contribution in [1.82, 2.24) is 5.32 Å². The Hall–Kier alpha value is -1.55. The first kappa shape index (κ1) is 14.9. The van der Waals surface area contributed by atoms with Crippen molar-refractivity contribution in [2.45, 2.75) is 45.2 Å².